The Morgan fingerprint density at radius 2 is 1.85 bits per heavy atom. The highest BCUT2D eigenvalue weighted by Gasteiger charge is 2.14. The molecule has 0 aliphatic carbocycles. The Labute approximate surface area is 180 Å². The summed E-state index contributed by atoms with van der Waals surface area (Å²) < 4.78 is 5.32. The minimum absolute atomic E-state index is 0.355. The number of hydrogen-bond donors (Lipinski definition) is 0. The second kappa shape index (κ2) is 8.52. The van der Waals surface area contributed by atoms with Crippen LogP contribution in [0.1, 0.15) is 10.6 Å². The molecule has 3 rings (SSSR count). The minimum atomic E-state index is 0.355. The van der Waals surface area contributed by atoms with Crippen LogP contribution in [0.4, 0.5) is 0 Å². The van der Waals surface area contributed by atoms with Crippen LogP contribution in [0.15, 0.2) is 35.7 Å². The van der Waals surface area contributed by atoms with E-state index in [4.69, 9.17) is 51.1 Å². The molecule has 0 saturated carbocycles. The van der Waals surface area contributed by atoms with Gasteiger partial charge in [-0.1, -0.05) is 46.4 Å². The van der Waals surface area contributed by atoms with E-state index in [-0.39, 0.29) is 0 Å². The maximum atomic E-state index is 9.61. The summed E-state index contributed by atoms with van der Waals surface area (Å²) in [5.74, 6) is 0.436. The monoisotopic (exact) mass is 454 g/mol. The molecule has 136 valence electrons. The molecule has 1 heterocycles. The van der Waals surface area contributed by atoms with Crippen molar-refractivity contribution in [3.05, 3.63) is 66.4 Å². The zero-order valence-corrected chi connectivity index (χ0v) is 17.6. The van der Waals surface area contributed by atoms with E-state index in [2.05, 4.69) is 11.1 Å². The standard InChI is InChI=1S/C19H10Cl4N2OS/c1-26-18-10(5-13(21)7-16(18)23)4-11(8-24)19-25-17(9-27-19)14-3-2-12(20)6-15(14)22/h2-7,9H,1H3. The highest BCUT2D eigenvalue weighted by molar-refractivity contribution is 7.11. The molecule has 8 heteroatoms. The molecule has 3 nitrogen and oxygen atoms in total. The van der Waals surface area contributed by atoms with Gasteiger partial charge in [-0.2, -0.15) is 5.26 Å². The third-order valence-electron chi connectivity index (χ3n) is 3.60. The first-order valence-electron chi connectivity index (χ1n) is 7.49. The predicted molar refractivity (Wildman–Crippen MR) is 114 cm³/mol. The van der Waals surface area contributed by atoms with Crippen LogP contribution in [0.3, 0.4) is 0 Å². The number of halogens is 4. The van der Waals surface area contributed by atoms with Gasteiger partial charge in [-0.25, -0.2) is 4.98 Å². The lowest BCUT2D eigenvalue weighted by atomic mass is 10.1. The average molecular weight is 456 g/mol. The molecule has 1 aromatic heterocycles. The zero-order valence-electron chi connectivity index (χ0n) is 13.8. The Hall–Kier alpha value is -1.74. The number of aromatic nitrogens is 1. The van der Waals surface area contributed by atoms with Crippen molar-refractivity contribution in [3.63, 3.8) is 0 Å². The van der Waals surface area contributed by atoms with E-state index >= 15 is 0 Å². The van der Waals surface area contributed by atoms with Gasteiger partial charge in [0.1, 0.15) is 16.8 Å². The van der Waals surface area contributed by atoms with E-state index in [9.17, 15) is 5.26 Å². The van der Waals surface area contributed by atoms with Crippen molar-refractivity contribution >= 4 is 69.4 Å². The van der Waals surface area contributed by atoms with Gasteiger partial charge >= 0.3 is 0 Å². The lowest BCUT2D eigenvalue weighted by Crippen LogP contribution is -1.90. The van der Waals surface area contributed by atoms with Crippen LogP contribution in [0.2, 0.25) is 20.1 Å². The van der Waals surface area contributed by atoms with Crippen molar-refractivity contribution in [3.8, 4) is 23.1 Å². The van der Waals surface area contributed by atoms with E-state index in [0.717, 1.165) is 5.56 Å². The smallest absolute Gasteiger partial charge is 0.144 e. The molecule has 0 N–H and O–H groups in total. The molecule has 3 aromatic rings. The number of methoxy groups -OCH3 is 1. The molecule has 0 radical (unpaired) electrons. The molecule has 0 atom stereocenters. The number of ether oxygens (including phenoxy) is 1. The number of rotatable bonds is 4. The maximum Gasteiger partial charge on any atom is 0.144 e. The molecular formula is C19H10Cl4N2OS. The van der Waals surface area contributed by atoms with Gasteiger partial charge in [0.2, 0.25) is 0 Å². The summed E-state index contributed by atoms with van der Waals surface area (Å²) in [6.07, 6.45) is 1.64. The summed E-state index contributed by atoms with van der Waals surface area (Å²) in [6.45, 7) is 0. The molecule has 0 aliphatic heterocycles. The quantitative estimate of drug-likeness (QED) is 0.382. The third-order valence-corrected chi connectivity index (χ3v) is 5.53. The Morgan fingerprint density at radius 3 is 2.52 bits per heavy atom. The third kappa shape index (κ3) is 4.40. The van der Waals surface area contributed by atoms with Gasteiger partial charge in [0.05, 0.1) is 28.4 Å². The average Bonchev–Trinajstić information content (AvgIpc) is 3.08. The van der Waals surface area contributed by atoms with Gasteiger partial charge in [0, 0.05) is 26.6 Å². The number of benzene rings is 2. The molecule has 0 unspecified atom stereocenters. The van der Waals surface area contributed by atoms with E-state index in [1.165, 1.54) is 18.4 Å². The normalized spacial score (nSPS) is 11.3. The maximum absolute atomic E-state index is 9.61. The van der Waals surface area contributed by atoms with Gasteiger partial charge in [-0.15, -0.1) is 11.3 Å². The molecule has 27 heavy (non-hydrogen) atoms. The van der Waals surface area contributed by atoms with Gasteiger partial charge in [-0.05, 0) is 36.4 Å². The highest BCUT2D eigenvalue weighted by Crippen LogP contribution is 2.36. The van der Waals surface area contributed by atoms with Crippen LogP contribution in [0, 0.1) is 11.3 Å². The van der Waals surface area contributed by atoms with E-state index < -0.39 is 0 Å². The Kier molecular flexibility index (Phi) is 6.31. The van der Waals surface area contributed by atoms with Crippen molar-refractivity contribution in [2.75, 3.05) is 7.11 Å². The Balaban J connectivity index is 2.05. The van der Waals surface area contributed by atoms with Crippen molar-refractivity contribution in [1.82, 2.24) is 4.98 Å². The fourth-order valence-electron chi connectivity index (χ4n) is 2.42. The molecule has 0 fully saturated rings. The van der Waals surface area contributed by atoms with Crippen LogP contribution in [-0.4, -0.2) is 12.1 Å². The fourth-order valence-corrected chi connectivity index (χ4v) is 4.30. The molecule has 0 spiro atoms. The Bertz CT molecular complexity index is 1090. The number of hydrogen-bond acceptors (Lipinski definition) is 4. The van der Waals surface area contributed by atoms with Gasteiger partial charge in [-0.3, -0.25) is 0 Å². The molecule has 0 amide bonds. The van der Waals surface area contributed by atoms with Crippen LogP contribution in [0.5, 0.6) is 5.75 Å². The van der Waals surface area contributed by atoms with E-state index in [1.54, 1.807) is 36.4 Å². The van der Waals surface area contributed by atoms with Gasteiger partial charge in [0.15, 0.2) is 0 Å². The summed E-state index contributed by atoms with van der Waals surface area (Å²) in [6, 6.07) is 10.6. The lowest BCUT2D eigenvalue weighted by molar-refractivity contribution is 0.414. The van der Waals surface area contributed by atoms with E-state index in [1.807, 2.05) is 5.38 Å². The number of nitrogens with zero attached hydrogens (tertiary/aromatic N) is 2. The summed E-state index contributed by atoms with van der Waals surface area (Å²) in [7, 11) is 1.50. The molecule has 0 aliphatic rings. The fraction of sp³-hybridized carbons (Fsp3) is 0.0526. The number of thiazole rings is 1. The topological polar surface area (TPSA) is 45.9 Å². The van der Waals surface area contributed by atoms with Crippen molar-refractivity contribution in [2.45, 2.75) is 0 Å². The van der Waals surface area contributed by atoms with Crippen molar-refractivity contribution < 1.29 is 4.74 Å². The van der Waals surface area contributed by atoms with Crippen LogP contribution < -0.4 is 4.74 Å². The molecule has 2 aromatic carbocycles. The van der Waals surface area contributed by atoms with Gasteiger partial charge < -0.3 is 4.74 Å². The molecular weight excluding hydrogens is 446 g/mol. The summed E-state index contributed by atoms with van der Waals surface area (Å²) >= 11 is 25.8. The molecule has 0 bridgehead atoms. The first-order valence-corrected chi connectivity index (χ1v) is 9.88. The van der Waals surface area contributed by atoms with Gasteiger partial charge in [0.25, 0.3) is 0 Å². The first kappa shape index (κ1) is 20.0. The second-order valence-electron chi connectivity index (χ2n) is 5.34. The summed E-state index contributed by atoms with van der Waals surface area (Å²) in [5, 5.41) is 13.8. The highest BCUT2D eigenvalue weighted by atomic mass is 35.5. The zero-order chi connectivity index (χ0) is 19.6. The summed E-state index contributed by atoms with van der Waals surface area (Å²) in [5.41, 5.74) is 2.35. The number of allylic oxidation sites excluding steroid dienone is 1. The largest absolute Gasteiger partial charge is 0.495 e. The van der Waals surface area contributed by atoms with Crippen LogP contribution >= 0.6 is 57.7 Å². The second-order valence-corrected chi connectivity index (χ2v) is 7.89. The number of nitriles is 1. The van der Waals surface area contributed by atoms with Crippen LogP contribution in [0.25, 0.3) is 22.9 Å². The van der Waals surface area contributed by atoms with Crippen LogP contribution in [-0.2, 0) is 0 Å². The SMILES string of the molecule is COc1c(Cl)cc(Cl)cc1C=C(C#N)c1nc(-c2ccc(Cl)cc2Cl)cs1. The first-order chi connectivity index (χ1) is 12.9. The molecule has 0 saturated heterocycles. The van der Waals surface area contributed by atoms with E-state index in [0.29, 0.717) is 47.7 Å². The van der Waals surface area contributed by atoms with Crippen molar-refractivity contribution in [2.24, 2.45) is 0 Å². The van der Waals surface area contributed by atoms with Crippen molar-refractivity contribution in [1.29, 1.82) is 5.26 Å². The summed E-state index contributed by atoms with van der Waals surface area (Å²) in [4.78, 5) is 4.53. The lowest BCUT2D eigenvalue weighted by Gasteiger charge is -2.08. The minimum Gasteiger partial charge on any atom is -0.495 e. The Morgan fingerprint density at radius 1 is 1.11 bits per heavy atom. The predicted octanol–water partition coefficient (Wildman–Crippen LogP) is 7.50.